The zero-order chi connectivity index (χ0) is 21.9. The molecule has 0 spiro atoms. The largest absolute Gasteiger partial charge is 0.495 e. The summed E-state index contributed by atoms with van der Waals surface area (Å²) in [5.74, 6) is 0.471. The van der Waals surface area contributed by atoms with E-state index in [0.29, 0.717) is 36.1 Å². The topological polar surface area (TPSA) is 83.1 Å². The summed E-state index contributed by atoms with van der Waals surface area (Å²) in [5, 5.41) is 2.70. The van der Waals surface area contributed by atoms with Crippen LogP contribution in [0.15, 0.2) is 42.5 Å². The highest BCUT2D eigenvalue weighted by atomic mass is 16.5. The van der Waals surface area contributed by atoms with Gasteiger partial charge in [-0.15, -0.1) is 0 Å². The SMILES string of the molecule is CCCCOc1ccc(C(=O)OC(C)C(=O)Nc2ccccc2OC)cc1OCC. The Morgan fingerprint density at radius 1 is 1.00 bits per heavy atom. The highest BCUT2D eigenvalue weighted by molar-refractivity contribution is 5.98. The number of amides is 1. The molecule has 1 atom stereocenters. The maximum absolute atomic E-state index is 12.5. The summed E-state index contributed by atoms with van der Waals surface area (Å²) in [4.78, 5) is 25.0. The Bertz CT molecular complexity index is 851. The van der Waals surface area contributed by atoms with E-state index < -0.39 is 18.0 Å². The van der Waals surface area contributed by atoms with Crippen LogP contribution in [0.2, 0.25) is 0 Å². The van der Waals surface area contributed by atoms with Crippen LogP contribution in [0.3, 0.4) is 0 Å². The minimum absolute atomic E-state index is 0.276. The fourth-order valence-corrected chi connectivity index (χ4v) is 2.61. The van der Waals surface area contributed by atoms with Crippen LogP contribution in [-0.2, 0) is 9.53 Å². The predicted octanol–water partition coefficient (Wildman–Crippen LogP) is 4.46. The quantitative estimate of drug-likeness (QED) is 0.431. The molecule has 1 unspecified atom stereocenters. The van der Waals surface area contributed by atoms with Crippen molar-refractivity contribution in [2.75, 3.05) is 25.6 Å². The molecule has 0 fully saturated rings. The standard InChI is InChI=1S/C23H29NO6/c1-5-7-14-29-20-13-12-17(15-21(20)28-6-2)23(26)30-16(3)22(25)24-18-10-8-9-11-19(18)27-4/h8-13,15-16H,5-7,14H2,1-4H3,(H,24,25). The number of para-hydroxylation sites is 2. The maximum atomic E-state index is 12.5. The molecule has 0 bridgehead atoms. The second-order valence-electron chi connectivity index (χ2n) is 6.53. The molecule has 2 aromatic rings. The van der Waals surface area contributed by atoms with Gasteiger partial charge >= 0.3 is 5.97 Å². The molecule has 2 rings (SSSR count). The highest BCUT2D eigenvalue weighted by Gasteiger charge is 2.21. The molecule has 0 aromatic heterocycles. The fourth-order valence-electron chi connectivity index (χ4n) is 2.61. The minimum atomic E-state index is -1.00. The van der Waals surface area contributed by atoms with Gasteiger partial charge in [0.1, 0.15) is 5.75 Å². The number of anilines is 1. The molecule has 162 valence electrons. The zero-order valence-corrected chi connectivity index (χ0v) is 17.9. The van der Waals surface area contributed by atoms with Crippen LogP contribution in [-0.4, -0.2) is 38.3 Å². The van der Waals surface area contributed by atoms with Crippen molar-refractivity contribution in [3.63, 3.8) is 0 Å². The van der Waals surface area contributed by atoms with E-state index in [9.17, 15) is 9.59 Å². The lowest BCUT2D eigenvalue weighted by atomic mass is 10.2. The first-order valence-corrected chi connectivity index (χ1v) is 10.0. The fraction of sp³-hybridized carbons (Fsp3) is 0.391. The average molecular weight is 415 g/mol. The molecule has 7 heteroatoms. The van der Waals surface area contributed by atoms with Gasteiger partial charge in [0.2, 0.25) is 0 Å². The van der Waals surface area contributed by atoms with Crippen LogP contribution >= 0.6 is 0 Å². The lowest BCUT2D eigenvalue weighted by Crippen LogP contribution is -2.30. The van der Waals surface area contributed by atoms with Gasteiger partial charge in [0, 0.05) is 0 Å². The number of hydrogen-bond donors (Lipinski definition) is 1. The summed E-state index contributed by atoms with van der Waals surface area (Å²) in [6.07, 6.45) is 0.940. The number of carbonyl (C=O) groups excluding carboxylic acids is 2. The number of benzene rings is 2. The molecular weight excluding hydrogens is 386 g/mol. The third kappa shape index (κ3) is 6.40. The van der Waals surface area contributed by atoms with Gasteiger partial charge in [-0.3, -0.25) is 4.79 Å². The normalized spacial score (nSPS) is 11.3. The molecule has 0 saturated heterocycles. The second-order valence-corrected chi connectivity index (χ2v) is 6.53. The Kier molecular flexibility index (Phi) is 9.00. The summed E-state index contributed by atoms with van der Waals surface area (Å²) in [5.41, 5.74) is 0.776. The summed E-state index contributed by atoms with van der Waals surface area (Å²) in [7, 11) is 1.51. The number of hydrogen-bond acceptors (Lipinski definition) is 6. The molecular formula is C23H29NO6. The molecule has 0 aliphatic heterocycles. The molecule has 2 aromatic carbocycles. The van der Waals surface area contributed by atoms with Gasteiger partial charge in [-0.1, -0.05) is 25.5 Å². The number of carbonyl (C=O) groups is 2. The lowest BCUT2D eigenvalue weighted by molar-refractivity contribution is -0.123. The first-order chi connectivity index (χ1) is 14.5. The monoisotopic (exact) mass is 415 g/mol. The van der Waals surface area contributed by atoms with Crippen LogP contribution < -0.4 is 19.5 Å². The van der Waals surface area contributed by atoms with Crippen molar-refractivity contribution >= 4 is 17.6 Å². The summed E-state index contributed by atoms with van der Waals surface area (Å²) in [6, 6.07) is 11.8. The van der Waals surface area contributed by atoms with Gasteiger partial charge in [0.15, 0.2) is 17.6 Å². The number of ether oxygens (including phenoxy) is 4. The maximum Gasteiger partial charge on any atom is 0.339 e. The van der Waals surface area contributed by atoms with Crippen LogP contribution in [0.25, 0.3) is 0 Å². The van der Waals surface area contributed by atoms with Gasteiger partial charge in [0.05, 0.1) is 31.6 Å². The summed E-state index contributed by atoms with van der Waals surface area (Å²) >= 11 is 0. The van der Waals surface area contributed by atoms with Crippen molar-refractivity contribution in [1.82, 2.24) is 0 Å². The molecule has 0 heterocycles. The van der Waals surface area contributed by atoms with Gasteiger partial charge in [-0.25, -0.2) is 4.79 Å². The Hall–Kier alpha value is -3.22. The van der Waals surface area contributed by atoms with Crippen LogP contribution in [0.5, 0.6) is 17.2 Å². The van der Waals surface area contributed by atoms with Crippen molar-refractivity contribution in [1.29, 1.82) is 0 Å². The summed E-state index contributed by atoms with van der Waals surface area (Å²) < 4.78 is 21.8. The van der Waals surface area contributed by atoms with Crippen LogP contribution in [0.4, 0.5) is 5.69 Å². The Morgan fingerprint density at radius 3 is 2.47 bits per heavy atom. The van der Waals surface area contributed by atoms with E-state index in [4.69, 9.17) is 18.9 Å². The van der Waals surface area contributed by atoms with Crippen LogP contribution in [0, 0.1) is 0 Å². The summed E-state index contributed by atoms with van der Waals surface area (Å²) in [6.45, 7) is 6.44. The molecule has 7 nitrogen and oxygen atoms in total. The molecule has 0 radical (unpaired) electrons. The molecule has 0 aliphatic carbocycles. The Labute approximate surface area is 177 Å². The molecule has 30 heavy (non-hydrogen) atoms. The average Bonchev–Trinajstić information content (AvgIpc) is 2.75. The lowest BCUT2D eigenvalue weighted by Gasteiger charge is -2.16. The van der Waals surface area contributed by atoms with E-state index in [1.54, 1.807) is 42.5 Å². The number of methoxy groups -OCH3 is 1. The minimum Gasteiger partial charge on any atom is -0.495 e. The van der Waals surface area contributed by atoms with E-state index in [1.165, 1.54) is 14.0 Å². The van der Waals surface area contributed by atoms with Crippen molar-refractivity contribution in [2.24, 2.45) is 0 Å². The number of esters is 1. The molecule has 0 aliphatic rings. The number of nitrogens with one attached hydrogen (secondary N) is 1. The first-order valence-electron chi connectivity index (χ1n) is 10.0. The van der Waals surface area contributed by atoms with E-state index in [1.807, 2.05) is 6.92 Å². The van der Waals surface area contributed by atoms with Crippen molar-refractivity contribution in [3.8, 4) is 17.2 Å². The smallest absolute Gasteiger partial charge is 0.339 e. The molecule has 0 saturated carbocycles. The van der Waals surface area contributed by atoms with E-state index >= 15 is 0 Å². The van der Waals surface area contributed by atoms with Crippen LogP contribution in [0.1, 0.15) is 44.0 Å². The van der Waals surface area contributed by atoms with E-state index in [-0.39, 0.29) is 5.56 Å². The van der Waals surface area contributed by atoms with Gasteiger partial charge in [0.25, 0.3) is 5.91 Å². The van der Waals surface area contributed by atoms with Gasteiger partial charge in [-0.2, -0.15) is 0 Å². The predicted molar refractivity (Wildman–Crippen MR) is 115 cm³/mol. The third-order valence-corrected chi connectivity index (χ3v) is 4.25. The van der Waals surface area contributed by atoms with Gasteiger partial charge in [-0.05, 0) is 50.6 Å². The van der Waals surface area contributed by atoms with Crippen molar-refractivity contribution in [3.05, 3.63) is 48.0 Å². The number of unbranched alkanes of at least 4 members (excludes halogenated alkanes) is 1. The zero-order valence-electron chi connectivity index (χ0n) is 17.9. The first kappa shape index (κ1) is 23.1. The Balaban J connectivity index is 2.04. The second kappa shape index (κ2) is 11.7. The molecule has 1 N–H and O–H groups in total. The highest BCUT2D eigenvalue weighted by Crippen LogP contribution is 2.29. The van der Waals surface area contributed by atoms with Crippen molar-refractivity contribution in [2.45, 2.75) is 39.7 Å². The molecule has 1 amide bonds. The number of rotatable bonds is 11. The third-order valence-electron chi connectivity index (χ3n) is 4.25. The van der Waals surface area contributed by atoms with E-state index in [0.717, 1.165) is 12.8 Å². The Morgan fingerprint density at radius 2 is 1.77 bits per heavy atom. The van der Waals surface area contributed by atoms with Crippen molar-refractivity contribution < 1.29 is 28.5 Å². The van der Waals surface area contributed by atoms with Gasteiger partial charge < -0.3 is 24.3 Å². The van der Waals surface area contributed by atoms with E-state index in [2.05, 4.69) is 12.2 Å².